The lowest BCUT2D eigenvalue weighted by Crippen LogP contribution is -2.52. The molecule has 1 atom stereocenters. The van der Waals surface area contributed by atoms with Gasteiger partial charge < -0.3 is 15.1 Å². The van der Waals surface area contributed by atoms with Crippen LogP contribution in [0.2, 0.25) is 0 Å². The Hall–Kier alpha value is -2.02. The van der Waals surface area contributed by atoms with Gasteiger partial charge in [-0.15, -0.1) is 11.8 Å². The average molecular weight is 375 g/mol. The highest BCUT2D eigenvalue weighted by atomic mass is 32.2. The van der Waals surface area contributed by atoms with Crippen LogP contribution in [-0.2, 0) is 14.4 Å². The first-order valence-electron chi connectivity index (χ1n) is 9.05. The van der Waals surface area contributed by atoms with Crippen LogP contribution in [0, 0.1) is 0 Å². The summed E-state index contributed by atoms with van der Waals surface area (Å²) in [5.41, 5.74) is 0.698. The number of nitrogens with zero attached hydrogens (tertiary/aromatic N) is 2. The summed E-state index contributed by atoms with van der Waals surface area (Å²) in [6, 6.07) is 7.62. The van der Waals surface area contributed by atoms with E-state index in [4.69, 9.17) is 0 Å². The second kappa shape index (κ2) is 8.12. The van der Waals surface area contributed by atoms with Gasteiger partial charge in [0.2, 0.25) is 11.8 Å². The number of carbonyl (C=O) groups is 3. The number of nitrogens with one attached hydrogen (secondary N) is 1. The molecule has 0 spiro atoms. The Balaban J connectivity index is 1.78. The Morgan fingerprint density at radius 2 is 1.88 bits per heavy atom. The molecule has 1 N–H and O–H groups in total. The van der Waals surface area contributed by atoms with Crippen molar-refractivity contribution in [1.29, 1.82) is 0 Å². The van der Waals surface area contributed by atoms with Gasteiger partial charge in [0.15, 0.2) is 5.25 Å². The minimum absolute atomic E-state index is 0.0515. The largest absolute Gasteiger partial charge is 0.352 e. The number of hydrogen-bond acceptors (Lipinski definition) is 4. The van der Waals surface area contributed by atoms with Crippen molar-refractivity contribution < 1.29 is 14.4 Å². The van der Waals surface area contributed by atoms with Gasteiger partial charge in [-0.1, -0.05) is 31.4 Å². The Kier molecular flexibility index (Phi) is 5.86. The molecule has 1 aliphatic carbocycles. The molecule has 1 aliphatic heterocycles. The monoisotopic (exact) mass is 375 g/mol. The fraction of sp³-hybridized carbons (Fsp3) is 0.526. The van der Waals surface area contributed by atoms with Gasteiger partial charge in [0.05, 0.1) is 5.69 Å². The average Bonchev–Trinajstić information content (AvgIpc) is 2.64. The molecule has 0 radical (unpaired) electrons. The molecule has 0 bridgehead atoms. The zero-order valence-electron chi connectivity index (χ0n) is 15.2. The molecule has 1 aromatic carbocycles. The van der Waals surface area contributed by atoms with Crippen LogP contribution in [0.25, 0.3) is 0 Å². The van der Waals surface area contributed by atoms with Gasteiger partial charge in [-0.2, -0.15) is 0 Å². The topological polar surface area (TPSA) is 69.7 Å². The van der Waals surface area contributed by atoms with Crippen LogP contribution >= 0.6 is 11.8 Å². The van der Waals surface area contributed by atoms with Crippen molar-refractivity contribution in [2.24, 2.45) is 0 Å². The summed E-state index contributed by atoms with van der Waals surface area (Å²) in [5.74, 6) is -0.749. The molecule has 1 heterocycles. The third-order valence-corrected chi connectivity index (χ3v) is 6.07. The molecule has 6 nitrogen and oxygen atoms in total. The number of benzene rings is 1. The van der Waals surface area contributed by atoms with Crippen LogP contribution in [0.5, 0.6) is 0 Å². The lowest BCUT2D eigenvalue weighted by molar-refractivity contribution is -0.133. The summed E-state index contributed by atoms with van der Waals surface area (Å²) in [4.78, 5) is 41.6. The summed E-state index contributed by atoms with van der Waals surface area (Å²) in [6.45, 7) is -0.0515. The molecule has 7 heteroatoms. The fourth-order valence-corrected chi connectivity index (χ4v) is 4.68. The van der Waals surface area contributed by atoms with E-state index >= 15 is 0 Å². The van der Waals surface area contributed by atoms with E-state index in [0.29, 0.717) is 5.69 Å². The Morgan fingerprint density at radius 1 is 1.19 bits per heavy atom. The molecule has 2 aliphatic rings. The maximum absolute atomic E-state index is 12.9. The fourth-order valence-electron chi connectivity index (χ4n) is 3.43. The number of carbonyl (C=O) groups excluding carboxylic acids is 3. The van der Waals surface area contributed by atoms with Gasteiger partial charge >= 0.3 is 0 Å². The van der Waals surface area contributed by atoms with Gasteiger partial charge in [0.1, 0.15) is 6.54 Å². The lowest BCUT2D eigenvalue weighted by atomic mass is 9.95. The molecule has 1 saturated carbocycles. The molecular formula is C19H25N3O3S. The number of thioether (sulfide) groups is 1. The van der Waals surface area contributed by atoms with Crippen molar-refractivity contribution in [3.05, 3.63) is 24.3 Å². The first kappa shape index (κ1) is 18.8. The maximum Gasteiger partial charge on any atom is 0.250 e. The minimum Gasteiger partial charge on any atom is -0.352 e. The van der Waals surface area contributed by atoms with E-state index in [2.05, 4.69) is 5.32 Å². The van der Waals surface area contributed by atoms with Gasteiger partial charge in [-0.25, -0.2) is 0 Å². The smallest absolute Gasteiger partial charge is 0.250 e. The second-order valence-corrected chi connectivity index (χ2v) is 8.17. The van der Waals surface area contributed by atoms with E-state index in [0.717, 1.165) is 30.6 Å². The molecule has 1 fully saturated rings. The molecule has 0 saturated heterocycles. The van der Waals surface area contributed by atoms with Crippen molar-refractivity contribution in [2.75, 3.05) is 25.5 Å². The third-order valence-electron chi connectivity index (χ3n) is 4.83. The van der Waals surface area contributed by atoms with Crippen molar-refractivity contribution in [3.63, 3.8) is 0 Å². The van der Waals surface area contributed by atoms with Gasteiger partial charge in [0.25, 0.3) is 5.91 Å². The Labute approximate surface area is 158 Å². The van der Waals surface area contributed by atoms with Crippen LogP contribution in [0.1, 0.15) is 32.1 Å². The number of fused-ring (bicyclic) bond motifs is 1. The summed E-state index contributed by atoms with van der Waals surface area (Å²) in [7, 11) is 3.27. The predicted molar refractivity (Wildman–Crippen MR) is 102 cm³/mol. The third kappa shape index (κ3) is 4.03. The summed E-state index contributed by atoms with van der Waals surface area (Å²) in [5, 5.41) is 2.20. The van der Waals surface area contributed by atoms with Gasteiger partial charge in [0, 0.05) is 25.0 Å². The highest BCUT2D eigenvalue weighted by molar-refractivity contribution is 8.01. The molecular weight excluding hydrogens is 350 g/mol. The number of para-hydroxylation sites is 1. The van der Waals surface area contributed by atoms with Crippen molar-refractivity contribution >= 4 is 35.2 Å². The second-order valence-electron chi connectivity index (χ2n) is 7.03. The van der Waals surface area contributed by atoms with E-state index in [1.165, 1.54) is 28.0 Å². The van der Waals surface area contributed by atoms with Crippen molar-refractivity contribution in [3.8, 4) is 0 Å². The lowest BCUT2D eigenvalue weighted by Gasteiger charge is -2.34. The highest BCUT2D eigenvalue weighted by Crippen LogP contribution is 2.39. The van der Waals surface area contributed by atoms with E-state index in [1.54, 1.807) is 14.1 Å². The normalized spacial score (nSPS) is 20.5. The molecule has 26 heavy (non-hydrogen) atoms. The van der Waals surface area contributed by atoms with E-state index in [-0.39, 0.29) is 30.3 Å². The van der Waals surface area contributed by atoms with E-state index in [9.17, 15) is 14.4 Å². The maximum atomic E-state index is 12.9. The standard InChI is InChI=1S/C19H25N3O3S/c1-21(2)18(24)17-19(25)22(14-10-6-7-11-15(14)26-17)12-16(23)20-13-8-4-3-5-9-13/h6-7,10-11,13,17H,3-5,8-9,12H2,1-2H3,(H,20,23). The van der Waals surface area contributed by atoms with Crippen molar-refractivity contribution in [2.45, 2.75) is 48.3 Å². The Morgan fingerprint density at radius 3 is 2.58 bits per heavy atom. The van der Waals surface area contributed by atoms with E-state index < -0.39 is 5.25 Å². The van der Waals surface area contributed by atoms with Gasteiger partial charge in [-0.3, -0.25) is 14.4 Å². The molecule has 0 aromatic heterocycles. The molecule has 3 rings (SSSR count). The van der Waals surface area contributed by atoms with Gasteiger partial charge in [-0.05, 0) is 25.0 Å². The Bertz CT molecular complexity index is 701. The first-order valence-corrected chi connectivity index (χ1v) is 9.93. The molecule has 1 unspecified atom stereocenters. The van der Waals surface area contributed by atoms with Crippen LogP contribution < -0.4 is 10.2 Å². The number of hydrogen-bond donors (Lipinski definition) is 1. The summed E-state index contributed by atoms with van der Waals surface area (Å²) < 4.78 is 0. The highest BCUT2D eigenvalue weighted by Gasteiger charge is 2.39. The molecule has 3 amide bonds. The number of rotatable bonds is 4. The van der Waals surface area contributed by atoms with Crippen LogP contribution in [0.4, 0.5) is 5.69 Å². The summed E-state index contributed by atoms with van der Waals surface area (Å²) in [6.07, 6.45) is 5.47. The predicted octanol–water partition coefficient (Wildman–Crippen LogP) is 2.03. The number of amides is 3. The zero-order chi connectivity index (χ0) is 18.7. The summed E-state index contributed by atoms with van der Waals surface area (Å²) >= 11 is 1.25. The molecule has 1 aromatic rings. The van der Waals surface area contributed by atoms with Crippen molar-refractivity contribution in [1.82, 2.24) is 10.2 Å². The zero-order valence-corrected chi connectivity index (χ0v) is 16.1. The first-order chi connectivity index (χ1) is 12.5. The van der Waals surface area contributed by atoms with Crippen LogP contribution in [0.15, 0.2) is 29.2 Å². The quantitative estimate of drug-likeness (QED) is 0.818. The van der Waals surface area contributed by atoms with Crippen LogP contribution in [0.3, 0.4) is 0 Å². The number of anilines is 1. The molecule has 140 valence electrons. The van der Waals surface area contributed by atoms with Crippen LogP contribution in [-0.4, -0.2) is 54.6 Å². The SMILES string of the molecule is CN(C)C(=O)C1Sc2ccccc2N(CC(=O)NC2CCCCC2)C1=O. The minimum atomic E-state index is -0.845. The van der Waals surface area contributed by atoms with E-state index in [1.807, 2.05) is 24.3 Å².